The monoisotopic (exact) mass is 332 g/mol. The summed E-state index contributed by atoms with van der Waals surface area (Å²) in [4.78, 5) is 19.0. The molecule has 0 saturated carbocycles. The van der Waals surface area contributed by atoms with Crippen LogP contribution in [0.2, 0.25) is 5.02 Å². The molecule has 0 bridgehead atoms. The Kier molecular flexibility index (Phi) is 3.88. The quantitative estimate of drug-likeness (QED) is 0.744. The van der Waals surface area contributed by atoms with Crippen molar-refractivity contribution in [3.8, 4) is 5.75 Å². The molecule has 0 aliphatic heterocycles. The van der Waals surface area contributed by atoms with Gasteiger partial charge in [-0.2, -0.15) is 0 Å². The lowest BCUT2D eigenvalue weighted by molar-refractivity contribution is 0.475. The zero-order valence-electron chi connectivity index (χ0n) is 11.2. The van der Waals surface area contributed by atoms with E-state index in [2.05, 4.69) is 9.97 Å². The van der Waals surface area contributed by atoms with Crippen LogP contribution in [0, 0.1) is 0 Å². The molecular formula is C16H10Cl2N2O2. The van der Waals surface area contributed by atoms with E-state index >= 15 is 0 Å². The number of halogens is 2. The Balaban J connectivity index is 2.07. The topological polar surface area (TPSA) is 66.0 Å². The number of fused-ring (bicyclic) bond motifs is 1. The van der Waals surface area contributed by atoms with Gasteiger partial charge in [0.1, 0.15) is 5.75 Å². The highest BCUT2D eigenvalue weighted by atomic mass is 35.5. The summed E-state index contributed by atoms with van der Waals surface area (Å²) in [6.45, 7) is 0. The van der Waals surface area contributed by atoms with Gasteiger partial charge in [0.05, 0.1) is 15.9 Å². The Morgan fingerprint density at radius 1 is 1.18 bits per heavy atom. The summed E-state index contributed by atoms with van der Waals surface area (Å²) in [5.41, 5.74) is 0.988. The summed E-state index contributed by atoms with van der Waals surface area (Å²) >= 11 is 12.1. The van der Waals surface area contributed by atoms with E-state index in [1.165, 1.54) is 0 Å². The lowest BCUT2D eigenvalue weighted by Crippen LogP contribution is -2.10. The summed E-state index contributed by atoms with van der Waals surface area (Å²) in [5.74, 6) is 0.442. The van der Waals surface area contributed by atoms with Gasteiger partial charge in [-0.25, -0.2) is 4.98 Å². The highest BCUT2D eigenvalue weighted by Crippen LogP contribution is 2.22. The van der Waals surface area contributed by atoms with Crippen LogP contribution >= 0.6 is 23.2 Å². The number of hydrogen-bond acceptors (Lipinski definition) is 3. The molecule has 0 spiro atoms. The summed E-state index contributed by atoms with van der Waals surface area (Å²) < 4.78 is 0. The smallest absolute Gasteiger partial charge is 0.259 e. The number of rotatable bonds is 2. The van der Waals surface area contributed by atoms with Crippen LogP contribution in [0.15, 0.2) is 47.3 Å². The van der Waals surface area contributed by atoms with Crippen LogP contribution < -0.4 is 5.56 Å². The lowest BCUT2D eigenvalue weighted by atomic mass is 10.2. The Labute approximate surface area is 135 Å². The van der Waals surface area contributed by atoms with Crippen LogP contribution in [0.3, 0.4) is 0 Å². The summed E-state index contributed by atoms with van der Waals surface area (Å²) in [6.07, 6.45) is 1.65. The van der Waals surface area contributed by atoms with Crippen LogP contribution in [-0.2, 0) is 0 Å². The standard InChI is InChI=1S/C16H10Cl2N2O2/c17-10-3-6-14-12(8-10)16(22)20-15(19-14)13(18)7-9-1-4-11(21)5-2-9/h1-8,21H,(H,19,20,22). The van der Waals surface area contributed by atoms with Gasteiger partial charge < -0.3 is 10.1 Å². The minimum atomic E-state index is -0.306. The predicted molar refractivity (Wildman–Crippen MR) is 89.2 cm³/mol. The Morgan fingerprint density at radius 2 is 1.91 bits per heavy atom. The van der Waals surface area contributed by atoms with Crippen molar-refractivity contribution in [1.82, 2.24) is 9.97 Å². The molecule has 2 N–H and O–H groups in total. The van der Waals surface area contributed by atoms with Crippen LogP contribution in [0.5, 0.6) is 5.75 Å². The van der Waals surface area contributed by atoms with Gasteiger partial charge >= 0.3 is 0 Å². The Hall–Kier alpha value is -2.30. The van der Waals surface area contributed by atoms with E-state index in [0.717, 1.165) is 5.56 Å². The third-order valence-corrected chi connectivity index (χ3v) is 3.60. The van der Waals surface area contributed by atoms with E-state index in [1.54, 1.807) is 48.5 Å². The van der Waals surface area contributed by atoms with E-state index in [-0.39, 0.29) is 17.1 Å². The van der Waals surface area contributed by atoms with Crippen molar-refractivity contribution in [3.63, 3.8) is 0 Å². The molecule has 1 heterocycles. The first-order valence-corrected chi connectivity index (χ1v) is 7.15. The van der Waals surface area contributed by atoms with Crippen molar-refractivity contribution in [2.75, 3.05) is 0 Å². The third kappa shape index (κ3) is 2.98. The second-order valence-corrected chi connectivity index (χ2v) is 5.50. The van der Waals surface area contributed by atoms with Crippen molar-refractivity contribution in [3.05, 3.63) is 69.2 Å². The number of aromatic nitrogens is 2. The molecule has 2 aromatic carbocycles. The predicted octanol–water partition coefficient (Wildman–Crippen LogP) is 4.02. The largest absolute Gasteiger partial charge is 0.508 e. The van der Waals surface area contributed by atoms with Gasteiger partial charge in [0, 0.05) is 5.02 Å². The van der Waals surface area contributed by atoms with Crippen molar-refractivity contribution < 1.29 is 5.11 Å². The van der Waals surface area contributed by atoms with Crippen LogP contribution in [-0.4, -0.2) is 15.1 Å². The molecule has 6 heteroatoms. The number of phenols is 1. The number of nitrogens with one attached hydrogen (secondary N) is 1. The van der Waals surface area contributed by atoms with Crippen molar-refractivity contribution in [2.45, 2.75) is 0 Å². The molecule has 0 amide bonds. The average Bonchev–Trinajstić information content (AvgIpc) is 2.50. The molecule has 0 atom stereocenters. The third-order valence-electron chi connectivity index (χ3n) is 3.08. The summed E-state index contributed by atoms with van der Waals surface area (Å²) in [7, 11) is 0. The van der Waals surface area contributed by atoms with Gasteiger partial charge in [-0.15, -0.1) is 0 Å². The Morgan fingerprint density at radius 3 is 2.64 bits per heavy atom. The van der Waals surface area contributed by atoms with Gasteiger partial charge in [0.15, 0.2) is 5.82 Å². The molecule has 110 valence electrons. The number of aromatic hydroxyl groups is 1. The van der Waals surface area contributed by atoms with Gasteiger partial charge in [-0.3, -0.25) is 4.79 Å². The second-order valence-electron chi connectivity index (χ2n) is 4.66. The van der Waals surface area contributed by atoms with Gasteiger partial charge in [-0.05, 0) is 42.0 Å². The zero-order valence-corrected chi connectivity index (χ0v) is 12.7. The number of benzene rings is 2. The van der Waals surface area contributed by atoms with Crippen LogP contribution in [0.4, 0.5) is 0 Å². The highest BCUT2D eigenvalue weighted by molar-refractivity contribution is 6.50. The van der Waals surface area contributed by atoms with Crippen molar-refractivity contribution in [1.29, 1.82) is 0 Å². The minimum Gasteiger partial charge on any atom is -0.508 e. The SMILES string of the molecule is O=c1[nH]c(C(Cl)=Cc2ccc(O)cc2)nc2ccc(Cl)cc12. The molecule has 0 fully saturated rings. The second kappa shape index (κ2) is 5.83. The molecule has 0 unspecified atom stereocenters. The minimum absolute atomic E-state index is 0.169. The van der Waals surface area contributed by atoms with E-state index < -0.39 is 0 Å². The number of H-pyrrole nitrogens is 1. The average molecular weight is 333 g/mol. The number of aromatic amines is 1. The Bertz CT molecular complexity index is 931. The van der Waals surface area contributed by atoms with Gasteiger partial charge in [0.2, 0.25) is 0 Å². The number of phenolic OH excluding ortho intramolecular Hbond substituents is 1. The van der Waals surface area contributed by atoms with Crippen molar-refractivity contribution >= 4 is 45.2 Å². The molecule has 4 nitrogen and oxygen atoms in total. The molecule has 0 radical (unpaired) electrons. The normalized spacial score (nSPS) is 11.8. The van der Waals surface area contributed by atoms with Crippen LogP contribution in [0.25, 0.3) is 22.0 Å². The maximum absolute atomic E-state index is 12.1. The first-order chi connectivity index (χ1) is 10.5. The zero-order chi connectivity index (χ0) is 15.7. The maximum Gasteiger partial charge on any atom is 0.259 e. The van der Waals surface area contributed by atoms with E-state index in [4.69, 9.17) is 23.2 Å². The lowest BCUT2D eigenvalue weighted by Gasteiger charge is -2.03. The summed E-state index contributed by atoms with van der Waals surface area (Å²) in [6, 6.07) is 11.4. The van der Waals surface area contributed by atoms with Crippen molar-refractivity contribution in [2.24, 2.45) is 0 Å². The van der Waals surface area contributed by atoms with E-state index in [9.17, 15) is 9.90 Å². The van der Waals surface area contributed by atoms with Crippen LogP contribution in [0.1, 0.15) is 11.4 Å². The maximum atomic E-state index is 12.1. The number of nitrogens with zero attached hydrogens (tertiary/aromatic N) is 1. The molecule has 3 aromatic rings. The molecule has 0 aliphatic carbocycles. The van der Waals surface area contributed by atoms with Gasteiger partial charge in [-0.1, -0.05) is 35.3 Å². The fourth-order valence-corrected chi connectivity index (χ4v) is 2.40. The molecule has 1 aromatic heterocycles. The molecule has 0 aliphatic rings. The highest BCUT2D eigenvalue weighted by Gasteiger charge is 2.07. The molecular weight excluding hydrogens is 323 g/mol. The van der Waals surface area contributed by atoms with E-state index in [0.29, 0.717) is 21.0 Å². The van der Waals surface area contributed by atoms with E-state index in [1.807, 2.05) is 0 Å². The van der Waals surface area contributed by atoms with Gasteiger partial charge in [0.25, 0.3) is 5.56 Å². The fraction of sp³-hybridized carbons (Fsp3) is 0. The fourth-order valence-electron chi connectivity index (χ4n) is 2.01. The molecule has 3 rings (SSSR count). The first kappa shape index (κ1) is 14.6. The summed E-state index contributed by atoms with van der Waals surface area (Å²) in [5, 5.41) is 10.4. The molecule has 22 heavy (non-hydrogen) atoms. The number of hydrogen-bond donors (Lipinski definition) is 2. The molecule has 0 saturated heterocycles. The first-order valence-electron chi connectivity index (χ1n) is 6.39.